The number of carbonyl (C=O) groups excluding carboxylic acids is 2. The van der Waals surface area contributed by atoms with Crippen LogP contribution in [-0.2, 0) is 9.59 Å². The van der Waals surface area contributed by atoms with Crippen molar-refractivity contribution in [3.8, 4) is 0 Å². The number of nitrogens with one attached hydrogen (secondary N) is 1. The summed E-state index contributed by atoms with van der Waals surface area (Å²) in [5, 5.41) is 2.90. The number of hydrogen-bond donors (Lipinski definition) is 1. The second-order valence-corrected chi connectivity index (χ2v) is 7.05. The minimum absolute atomic E-state index is 0.0743. The van der Waals surface area contributed by atoms with Crippen LogP contribution in [0.4, 0.5) is 5.69 Å². The van der Waals surface area contributed by atoms with E-state index in [0.29, 0.717) is 12.3 Å². The fourth-order valence-electron chi connectivity index (χ4n) is 3.04. The number of likely N-dealkylation sites (N-methyl/N-ethyl adjacent to an activating group) is 1. The molecular formula is C18H26N2O2S. The molecule has 1 N–H and O–H groups in total. The monoisotopic (exact) mass is 334 g/mol. The van der Waals surface area contributed by atoms with Crippen LogP contribution in [0, 0.1) is 5.92 Å². The van der Waals surface area contributed by atoms with Crippen LogP contribution in [0.1, 0.15) is 38.5 Å². The van der Waals surface area contributed by atoms with E-state index in [4.69, 9.17) is 0 Å². The third-order valence-electron chi connectivity index (χ3n) is 4.38. The Balaban J connectivity index is 1.82. The van der Waals surface area contributed by atoms with Gasteiger partial charge in [0.25, 0.3) is 0 Å². The van der Waals surface area contributed by atoms with E-state index >= 15 is 0 Å². The summed E-state index contributed by atoms with van der Waals surface area (Å²) >= 11 is 1.59. The number of carbonyl (C=O) groups is 2. The molecular weight excluding hydrogens is 308 g/mol. The van der Waals surface area contributed by atoms with E-state index in [1.807, 2.05) is 30.5 Å². The number of nitrogens with zero attached hydrogens (tertiary/aromatic N) is 1. The minimum Gasteiger partial charge on any atom is -0.336 e. The lowest BCUT2D eigenvalue weighted by Gasteiger charge is -2.24. The summed E-state index contributed by atoms with van der Waals surface area (Å²) < 4.78 is 0. The lowest BCUT2D eigenvalue weighted by Crippen LogP contribution is -2.36. The highest BCUT2D eigenvalue weighted by Gasteiger charge is 2.20. The van der Waals surface area contributed by atoms with E-state index < -0.39 is 0 Å². The van der Waals surface area contributed by atoms with E-state index in [9.17, 15) is 9.59 Å². The molecule has 0 aromatic heterocycles. The smallest absolute Gasteiger partial charge is 0.244 e. The summed E-state index contributed by atoms with van der Waals surface area (Å²) in [4.78, 5) is 27.0. The fourth-order valence-corrected chi connectivity index (χ4v) is 3.59. The summed E-state index contributed by atoms with van der Waals surface area (Å²) in [6.45, 7) is 0.105. The van der Waals surface area contributed by atoms with Crippen LogP contribution in [0.2, 0.25) is 0 Å². The summed E-state index contributed by atoms with van der Waals surface area (Å²) in [5.74, 6) is 0.426. The second-order valence-electron chi connectivity index (χ2n) is 6.21. The number of amides is 2. The number of thioether (sulfide) groups is 1. The molecule has 23 heavy (non-hydrogen) atoms. The van der Waals surface area contributed by atoms with E-state index in [2.05, 4.69) is 5.32 Å². The Morgan fingerprint density at radius 2 is 1.91 bits per heavy atom. The van der Waals surface area contributed by atoms with Crippen molar-refractivity contribution in [1.29, 1.82) is 0 Å². The van der Waals surface area contributed by atoms with Crippen molar-refractivity contribution in [2.45, 2.75) is 43.4 Å². The molecule has 2 amide bonds. The van der Waals surface area contributed by atoms with Gasteiger partial charge in [-0.2, -0.15) is 0 Å². The minimum atomic E-state index is -0.147. The number of anilines is 1. The van der Waals surface area contributed by atoms with Gasteiger partial charge in [0.2, 0.25) is 11.8 Å². The van der Waals surface area contributed by atoms with Crippen LogP contribution in [0.25, 0.3) is 0 Å². The third-order valence-corrected chi connectivity index (χ3v) is 5.17. The molecule has 0 unspecified atom stereocenters. The highest BCUT2D eigenvalue weighted by atomic mass is 32.2. The average molecular weight is 334 g/mol. The lowest BCUT2D eigenvalue weighted by atomic mass is 9.87. The van der Waals surface area contributed by atoms with Gasteiger partial charge in [-0.3, -0.25) is 9.59 Å². The SMILES string of the molecule is CSc1ccccc1NC(=O)CN(C)C(=O)CC1CCCCC1. The van der Waals surface area contributed by atoms with Gasteiger partial charge in [-0.05, 0) is 37.1 Å². The Labute approximate surface area is 143 Å². The van der Waals surface area contributed by atoms with Crippen molar-refractivity contribution in [1.82, 2.24) is 4.90 Å². The first kappa shape index (κ1) is 17.9. The highest BCUT2D eigenvalue weighted by molar-refractivity contribution is 7.98. The molecule has 1 aliphatic carbocycles. The molecule has 0 saturated heterocycles. The first-order valence-electron chi connectivity index (χ1n) is 8.27. The predicted octanol–water partition coefficient (Wildman–Crippen LogP) is 3.78. The van der Waals surface area contributed by atoms with Gasteiger partial charge in [-0.25, -0.2) is 0 Å². The largest absolute Gasteiger partial charge is 0.336 e. The van der Waals surface area contributed by atoms with Crippen molar-refractivity contribution in [3.63, 3.8) is 0 Å². The molecule has 0 bridgehead atoms. The van der Waals surface area contributed by atoms with Crippen LogP contribution in [0.5, 0.6) is 0 Å². The van der Waals surface area contributed by atoms with Crippen LogP contribution >= 0.6 is 11.8 Å². The van der Waals surface area contributed by atoms with Gasteiger partial charge in [0.15, 0.2) is 0 Å². The van der Waals surface area contributed by atoms with E-state index in [-0.39, 0.29) is 18.4 Å². The normalized spacial score (nSPS) is 15.2. The Morgan fingerprint density at radius 3 is 2.61 bits per heavy atom. The Morgan fingerprint density at radius 1 is 1.22 bits per heavy atom. The third kappa shape index (κ3) is 5.57. The van der Waals surface area contributed by atoms with Gasteiger partial charge in [0, 0.05) is 18.4 Å². The van der Waals surface area contributed by atoms with Crippen LogP contribution in [0.3, 0.4) is 0 Å². The first-order chi connectivity index (χ1) is 11.1. The first-order valence-corrected chi connectivity index (χ1v) is 9.49. The molecule has 126 valence electrons. The number of hydrogen-bond acceptors (Lipinski definition) is 3. The Hall–Kier alpha value is -1.49. The molecule has 0 spiro atoms. The van der Waals surface area contributed by atoms with Gasteiger partial charge in [0.05, 0.1) is 12.2 Å². The van der Waals surface area contributed by atoms with Crippen molar-refractivity contribution in [2.75, 3.05) is 25.2 Å². The van der Waals surface area contributed by atoms with Crippen LogP contribution in [-0.4, -0.2) is 36.6 Å². The quantitative estimate of drug-likeness (QED) is 0.806. The van der Waals surface area contributed by atoms with Crippen molar-refractivity contribution >= 4 is 29.3 Å². The molecule has 1 saturated carbocycles. The number of para-hydroxylation sites is 1. The molecule has 1 fully saturated rings. The zero-order valence-electron chi connectivity index (χ0n) is 14.0. The van der Waals surface area contributed by atoms with E-state index in [1.54, 1.807) is 23.7 Å². The van der Waals surface area contributed by atoms with Gasteiger partial charge < -0.3 is 10.2 Å². The lowest BCUT2D eigenvalue weighted by molar-refractivity contribution is -0.134. The van der Waals surface area contributed by atoms with Crippen LogP contribution in [0.15, 0.2) is 29.2 Å². The van der Waals surface area contributed by atoms with Gasteiger partial charge in [-0.15, -0.1) is 11.8 Å². The van der Waals surface area contributed by atoms with Crippen molar-refractivity contribution in [2.24, 2.45) is 5.92 Å². The zero-order valence-corrected chi connectivity index (χ0v) is 14.8. The standard InChI is InChI=1S/C18H26N2O2S/c1-20(18(22)12-14-8-4-3-5-9-14)13-17(21)19-15-10-6-7-11-16(15)23-2/h6-7,10-11,14H,3-5,8-9,12-13H2,1-2H3,(H,19,21). The molecule has 2 rings (SSSR count). The maximum atomic E-state index is 12.3. The van der Waals surface area contributed by atoms with E-state index in [1.165, 1.54) is 19.3 Å². The Bertz CT molecular complexity index is 542. The highest BCUT2D eigenvalue weighted by Crippen LogP contribution is 2.27. The van der Waals surface area contributed by atoms with Gasteiger partial charge in [-0.1, -0.05) is 31.4 Å². The molecule has 1 aromatic carbocycles. The second kappa shape index (κ2) is 8.96. The number of rotatable bonds is 6. The molecule has 5 heteroatoms. The summed E-state index contributed by atoms with van der Waals surface area (Å²) in [6.07, 6.45) is 8.59. The van der Waals surface area contributed by atoms with Crippen molar-refractivity contribution < 1.29 is 9.59 Å². The number of benzene rings is 1. The maximum Gasteiger partial charge on any atom is 0.244 e. The van der Waals surface area contributed by atoms with Crippen LogP contribution < -0.4 is 5.32 Å². The topological polar surface area (TPSA) is 49.4 Å². The molecule has 4 nitrogen and oxygen atoms in total. The predicted molar refractivity (Wildman–Crippen MR) is 95.7 cm³/mol. The van der Waals surface area contributed by atoms with Crippen molar-refractivity contribution in [3.05, 3.63) is 24.3 Å². The molecule has 0 atom stereocenters. The molecule has 0 heterocycles. The molecule has 1 aromatic rings. The summed E-state index contributed by atoms with van der Waals surface area (Å²) in [5.41, 5.74) is 0.804. The average Bonchev–Trinajstić information content (AvgIpc) is 2.56. The molecule has 0 aliphatic heterocycles. The summed E-state index contributed by atoms with van der Waals surface area (Å²) in [7, 11) is 1.71. The maximum absolute atomic E-state index is 12.3. The van der Waals surface area contributed by atoms with E-state index in [0.717, 1.165) is 23.4 Å². The Kier molecular flexibility index (Phi) is 6.96. The summed E-state index contributed by atoms with van der Waals surface area (Å²) in [6, 6.07) is 7.69. The fraction of sp³-hybridized carbons (Fsp3) is 0.556. The zero-order chi connectivity index (χ0) is 16.7. The molecule has 1 aliphatic rings. The van der Waals surface area contributed by atoms with Gasteiger partial charge >= 0.3 is 0 Å². The molecule has 0 radical (unpaired) electrons. The van der Waals surface area contributed by atoms with Gasteiger partial charge in [0.1, 0.15) is 0 Å².